The van der Waals surface area contributed by atoms with Crippen molar-refractivity contribution in [2.24, 2.45) is 11.8 Å². The molecule has 0 spiro atoms. The first-order valence-electron chi connectivity index (χ1n) is 14.4. The monoisotopic (exact) mass is 621 g/mol. The molecule has 224 valence electrons. The molecule has 2 aliphatic rings. The molecule has 0 aliphatic carbocycles. The maximum Gasteiger partial charge on any atom is 0.410 e. The number of rotatable bonds is 6. The molecule has 3 rings (SSSR count). The molecule has 40 heavy (non-hydrogen) atoms. The Morgan fingerprint density at radius 2 is 1.25 bits per heavy atom. The molecule has 0 atom stereocenters. The maximum absolute atomic E-state index is 12.0. The Bertz CT molecular complexity index is 949. The number of benzene rings is 1. The number of halogens is 1. The molecule has 1 aromatic rings. The van der Waals surface area contributed by atoms with E-state index in [-0.39, 0.29) is 17.8 Å². The summed E-state index contributed by atoms with van der Waals surface area (Å²) in [5, 5.41) is 1.06. The van der Waals surface area contributed by atoms with Crippen LogP contribution in [0.4, 0.5) is 15.3 Å². The van der Waals surface area contributed by atoms with Gasteiger partial charge in [0.25, 0.3) is 0 Å². The van der Waals surface area contributed by atoms with Crippen LogP contribution >= 0.6 is 15.9 Å². The van der Waals surface area contributed by atoms with E-state index in [1.54, 1.807) is 17.0 Å². The van der Waals surface area contributed by atoms with Gasteiger partial charge in [-0.2, -0.15) is 0 Å². The van der Waals surface area contributed by atoms with Crippen LogP contribution in [0.5, 0.6) is 5.75 Å². The summed E-state index contributed by atoms with van der Waals surface area (Å²) in [7, 11) is 0. The number of piperidine rings is 2. The van der Waals surface area contributed by atoms with E-state index in [0.717, 1.165) is 75.3 Å². The second-order valence-electron chi connectivity index (χ2n) is 12.5. The van der Waals surface area contributed by atoms with Gasteiger partial charge >= 0.3 is 12.2 Å². The van der Waals surface area contributed by atoms with E-state index < -0.39 is 5.60 Å². The summed E-state index contributed by atoms with van der Waals surface area (Å²) in [6.07, 6.45) is 5.99. The van der Waals surface area contributed by atoms with Gasteiger partial charge in [-0.05, 0) is 104 Å². The van der Waals surface area contributed by atoms with Crippen molar-refractivity contribution in [2.45, 2.75) is 91.3 Å². The third-order valence-electron chi connectivity index (χ3n) is 6.81. The molecule has 0 N–H and O–H groups in total. The highest BCUT2D eigenvalue weighted by atomic mass is 79.9. The molecule has 2 amide bonds. The van der Waals surface area contributed by atoms with Crippen molar-refractivity contribution in [3.05, 3.63) is 35.7 Å². The van der Waals surface area contributed by atoms with Gasteiger partial charge in [0.05, 0.1) is 13.2 Å². The van der Waals surface area contributed by atoms with Gasteiger partial charge in [-0.3, -0.25) is 0 Å². The highest BCUT2D eigenvalue weighted by Gasteiger charge is 2.27. The molecule has 0 bridgehead atoms. The average Bonchev–Trinajstić information content (AvgIpc) is 2.88. The number of carbonyl (C=O) groups excluding carboxylic acids is 2. The van der Waals surface area contributed by atoms with Gasteiger partial charge in [0.15, 0.2) is 5.69 Å². The van der Waals surface area contributed by atoms with E-state index in [1.165, 1.54) is 6.42 Å². The van der Waals surface area contributed by atoms with Crippen LogP contribution in [0.2, 0.25) is 0 Å². The summed E-state index contributed by atoms with van der Waals surface area (Å²) in [6, 6.07) is 7.19. The standard InChI is InChI=1S/C19H26N2O3.C12H22BrNO2/c1-19(2,3)24-18(22)21-12-9-15(10-13-21)11-14-23-17-7-5-16(20-4)6-8-17;1-12(2,3)16-11(15)14-8-5-10(4-7-13)6-9-14/h5-8,15H,9-14H2,1-3H3;10H,4-9H2,1-3H3. The lowest BCUT2D eigenvalue weighted by Crippen LogP contribution is -2.41. The van der Waals surface area contributed by atoms with Gasteiger partial charge in [-0.15, -0.1) is 0 Å². The first kappa shape index (κ1) is 33.7. The van der Waals surface area contributed by atoms with Crippen LogP contribution in [0.15, 0.2) is 24.3 Å². The molecule has 1 aromatic carbocycles. The topological polar surface area (TPSA) is 72.7 Å². The Morgan fingerprint density at radius 3 is 1.62 bits per heavy atom. The van der Waals surface area contributed by atoms with Crippen molar-refractivity contribution in [1.82, 2.24) is 9.80 Å². The highest BCUT2D eigenvalue weighted by molar-refractivity contribution is 9.09. The minimum atomic E-state index is -0.440. The van der Waals surface area contributed by atoms with Crippen LogP contribution < -0.4 is 4.74 Å². The van der Waals surface area contributed by atoms with E-state index in [1.807, 2.05) is 58.6 Å². The summed E-state index contributed by atoms with van der Waals surface area (Å²) in [6.45, 7) is 22.1. The summed E-state index contributed by atoms with van der Waals surface area (Å²) in [5.74, 6) is 2.14. The molecule has 2 saturated heterocycles. The molecule has 0 saturated carbocycles. The van der Waals surface area contributed by atoms with E-state index in [0.29, 0.717) is 18.2 Å². The normalized spacial score (nSPS) is 16.9. The van der Waals surface area contributed by atoms with Gasteiger partial charge in [0, 0.05) is 31.5 Å². The number of carbonyl (C=O) groups is 2. The van der Waals surface area contributed by atoms with Crippen LogP contribution in [-0.4, -0.2) is 71.3 Å². The lowest BCUT2D eigenvalue weighted by atomic mass is 9.94. The fraction of sp³-hybridized carbons (Fsp3) is 0.710. The summed E-state index contributed by atoms with van der Waals surface area (Å²) in [5.41, 5.74) is -0.203. The SMILES string of the molecule is CC(C)(C)OC(=O)N1CCC(CCBr)CC1.[C-]#[N+]c1ccc(OCCC2CCN(C(=O)OC(C)(C)C)CC2)cc1. The molecule has 0 aromatic heterocycles. The molecular weight excluding hydrogens is 574 g/mol. The Labute approximate surface area is 249 Å². The molecule has 2 heterocycles. The molecular formula is C31H48BrN3O5. The summed E-state index contributed by atoms with van der Waals surface area (Å²) < 4.78 is 16.5. The maximum atomic E-state index is 12.0. The molecule has 0 radical (unpaired) electrons. The van der Waals surface area contributed by atoms with Gasteiger partial charge in [-0.25, -0.2) is 14.4 Å². The van der Waals surface area contributed by atoms with Gasteiger partial charge < -0.3 is 24.0 Å². The third kappa shape index (κ3) is 13.3. The quantitative estimate of drug-likeness (QED) is 0.237. The Balaban J connectivity index is 0.000000305. The molecule has 2 fully saturated rings. The van der Waals surface area contributed by atoms with Gasteiger partial charge in [-0.1, -0.05) is 28.1 Å². The highest BCUT2D eigenvalue weighted by Crippen LogP contribution is 2.24. The molecule has 8 nitrogen and oxygen atoms in total. The number of nitrogens with zero attached hydrogens (tertiary/aromatic N) is 3. The summed E-state index contributed by atoms with van der Waals surface area (Å²) in [4.78, 5) is 30.8. The van der Waals surface area contributed by atoms with Crippen molar-refractivity contribution in [2.75, 3.05) is 38.1 Å². The summed E-state index contributed by atoms with van der Waals surface area (Å²) >= 11 is 3.46. The van der Waals surface area contributed by atoms with Crippen molar-refractivity contribution in [3.8, 4) is 5.75 Å². The first-order chi connectivity index (χ1) is 18.8. The van der Waals surface area contributed by atoms with E-state index >= 15 is 0 Å². The van der Waals surface area contributed by atoms with Crippen molar-refractivity contribution in [3.63, 3.8) is 0 Å². The second kappa shape index (κ2) is 16.1. The predicted octanol–water partition coefficient (Wildman–Crippen LogP) is 8.07. The first-order valence-corrected chi connectivity index (χ1v) is 15.5. The Kier molecular flexibility index (Phi) is 13.6. The zero-order valence-corrected chi connectivity index (χ0v) is 26.8. The van der Waals surface area contributed by atoms with Crippen molar-refractivity contribution >= 4 is 33.8 Å². The zero-order valence-electron chi connectivity index (χ0n) is 25.2. The van der Waals surface area contributed by atoms with Crippen molar-refractivity contribution in [1.29, 1.82) is 0 Å². The van der Waals surface area contributed by atoms with E-state index in [2.05, 4.69) is 20.8 Å². The smallest absolute Gasteiger partial charge is 0.410 e. The Hall–Kier alpha value is -2.47. The number of likely N-dealkylation sites (tertiary alicyclic amines) is 2. The van der Waals surface area contributed by atoms with Crippen LogP contribution in [-0.2, 0) is 9.47 Å². The fourth-order valence-electron chi connectivity index (χ4n) is 4.58. The zero-order chi connectivity index (χ0) is 29.8. The fourth-order valence-corrected chi connectivity index (χ4v) is 5.22. The second-order valence-corrected chi connectivity index (χ2v) is 13.3. The lowest BCUT2D eigenvalue weighted by Gasteiger charge is -2.33. The van der Waals surface area contributed by atoms with Crippen LogP contribution in [0.1, 0.15) is 80.1 Å². The molecule has 2 aliphatic heterocycles. The number of hydrogen-bond donors (Lipinski definition) is 0. The number of alkyl halides is 1. The Morgan fingerprint density at radius 1 is 0.825 bits per heavy atom. The van der Waals surface area contributed by atoms with Crippen molar-refractivity contribution < 1.29 is 23.8 Å². The predicted molar refractivity (Wildman–Crippen MR) is 162 cm³/mol. The minimum absolute atomic E-state index is 0.162. The average molecular weight is 623 g/mol. The van der Waals surface area contributed by atoms with E-state index in [4.69, 9.17) is 20.8 Å². The number of amides is 2. The van der Waals surface area contributed by atoms with Crippen LogP contribution in [0.3, 0.4) is 0 Å². The largest absolute Gasteiger partial charge is 0.494 e. The molecule has 9 heteroatoms. The number of ether oxygens (including phenoxy) is 3. The van der Waals surface area contributed by atoms with Gasteiger partial charge in [0.2, 0.25) is 0 Å². The van der Waals surface area contributed by atoms with Crippen LogP contribution in [0.25, 0.3) is 4.85 Å². The van der Waals surface area contributed by atoms with Crippen LogP contribution in [0, 0.1) is 18.4 Å². The third-order valence-corrected chi connectivity index (χ3v) is 7.27. The van der Waals surface area contributed by atoms with Gasteiger partial charge in [0.1, 0.15) is 17.0 Å². The minimum Gasteiger partial charge on any atom is -0.494 e. The van der Waals surface area contributed by atoms with E-state index in [9.17, 15) is 9.59 Å². The number of hydrogen-bond acceptors (Lipinski definition) is 5. The molecule has 0 unspecified atom stereocenters. The lowest BCUT2D eigenvalue weighted by molar-refractivity contribution is 0.0169.